The van der Waals surface area contributed by atoms with E-state index in [9.17, 15) is 14.0 Å². The number of likely N-dealkylation sites (tertiary alicyclic amines) is 1. The molecule has 2 aromatic carbocycles. The third-order valence-corrected chi connectivity index (χ3v) is 6.69. The number of nitrogens with one attached hydrogen (secondary N) is 1. The summed E-state index contributed by atoms with van der Waals surface area (Å²) in [7, 11) is 0. The predicted molar refractivity (Wildman–Crippen MR) is 133 cm³/mol. The van der Waals surface area contributed by atoms with E-state index in [0.717, 1.165) is 43.1 Å². The molecule has 2 amide bonds. The summed E-state index contributed by atoms with van der Waals surface area (Å²) >= 11 is 0. The second kappa shape index (κ2) is 10.7. The van der Waals surface area contributed by atoms with Gasteiger partial charge < -0.3 is 19.9 Å². The van der Waals surface area contributed by atoms with Gasteiger partial charge in [0.1, 0.15) is 17.7 Å². The molecule has 9 heteroatoms. The Balaban J connectivity index is 1.08. The maximum Gasteiger partial charge on any atom is 0.253 e. The van der Waals surface area contributed by atoms with Crippen LogP contribution in [0.2, 0.25) is 0 Å². The second-order valence-electron chi connectivity index (χ2n) is 9.14. The van der Waals surface area contributed by atoms with Crippen molar-refractivity contribution in [3.63, 3.8) is 0 Å². The molecule has 2 aliphatic rings. The van der Waals surface area contributed by atoms with Crippen LogP contribution in [0.25, 0.3) is 0 Å². The minimum Gasteiger partial charge on any atom is -0.490 e. The van der Waals surface area contributed by atoms with Gasteiger partial charge >= 0.3 is 0 Å². The number of amides is 2. The fourth-order valence-electron chi connectivity index (χ4n) is 4.65. The van der Waals surface area contributed by atoms with Gasteiger partial charge in [-0.05, 0) is 67.1 Å². The topological polar surface area (TPSA) is 87.7 Å². The van der Waals surface area contributed by atoms with Gasteiger partial charge in [-0.25, -0.2) is 4.39 Å². The van der Waals surface area contributed by atoms with Crippen LogP contribution < -0.4 is 15.0 Å². The van der Waals surface area contributed by atoms with Crippen LogP contribution in [0, 0.1) is 11.7 Å². The highest BCUT2D eigenvalue weighted by atomic mass is 19.1. The van der Waals surface area contributed by atoms with Crippen molar-refractivity contribution in [3.8, 4) is 5.75 Å². The molecule has 0 bridgehead atoms. The first-order valence-corrected chi connectivity index (χ1v) is 12.2. The lowest BCUT2D eigenvalue weighted by atomic mass is 10.1. The second-order valence-corrected chi connectivity index (χ2v) is 9.14. The predicted octanol–water partition coefficient (Wildman–Crippen LogP) is 3.76. The van der Waals surface area contributed by atoms with E-state index in [2.05, 4.69) is 20.4 Å². The molecule has 0 spiro atoms. The molecule has 0 radical (unpaired) electrons. The zero-order chi connectivity index (χ0) is 24.9. The molecule has 1 atom stereocenters. The number of carbonyl (C=O) groups is 2. The molecule has 1 unspecified atom stereocenters. The molecule has 0 aliphatic carbocycles. The van der Waals surface area contributed by atoms with Gasteiger partial charge in [-0.15, -0.1) is 5.10 Å². The quantitative estimate of drug-likeness (QED) is 0.567. The van der Waals surface area contributed by atoms with E-state index in [1.165, 1.54) is 24.3 Å². The van der Waals surface area contributed by atoms with Crippen molar-refractivity contribution in [2.75, 3.05) is 36.4 Å². The van der Waals surface area contributed by atoms with Crippen LogP contribution in [-0.4, -0.2) is 59.2 Å². The lowest BCUT2D eigenvalue weighted by molar-refractivity contribution is -0.119. The monoisotopic (exact) mass is 489 g/mol. The minimum atomic E-state index is -0.354. The van der Waals surface area contributed by atoms with Crippen molar-refractivity contribution in [3.05, 3.63) is 78.2 Å². The zero-order valence-electron chi connectivity index (χ0n) is 19.8. The minimum absolute atomic E-state index is 0.00625. The normalized spacial score (nSPS) is 18.2. The van der Waals surface area contributed by atoms with Crippen molar-refractivity contribution in [2.24, 2.45) is 5.92 Å². The van der Waals surface area contributed by atoms with Crippen LogP contribution in [0.4, 0.5) is 15.9 Å². The standard InChI is InChI=1S/C27H28FN5O3/c28-21-5-3-19(4-6-21)27(35)32-16-12-24(13-17-32)36-23-9-7-22(8-10-23)30-26(34)20-11-15-33(18-20)25-2-1-14-29-31-25/h1-10,14,20,24H,11-13,15-18H2,(H,30,34). The molecule has 186 valence electrons. The Labute approximate surface area is 209 Å². The van der Waals surface area contributed by atoms with Gasteiger partial charge in [0.05, 0.1) is 5.92 Å². The number of nitrogens with zero attached hydrogens (tertiary/aromatic N) is 4. The summed E-state index contributed by atoms with van der Waals surface area (Å²) in [4.78, 5) is 29.2. The largest absolute Gasteiger partial charge is 0.490 e. The number of benzene rings is 2. The Kier molecular flexibility index (Phi) is 7.06. The first-order chi connectivity index (χ1) is 17.5. The van der Waals surface area contributed by atoms with Crippen LogP contribution in [0.1, 0.15) is 29.6 Å². The van der Waals surface area contributed by atoms with E-state index in [4.69, 9.17) is 4.74 Å². The number of hydrogen-bond acceptors (Lipinski definition) is 6. The van der Waals surface area contributed by atoms with Gasteiger partial charge in [0.25, 0.3) is 5.91 Å². The van der Waals surface area contributed by atoms with Crippen molar-refractivity contribution >= 4 is 23.3 Å². The number of rotatable bonds is 6. The number of ether oxygens (including phenoxy) is 1. The molecule has 1 aromatic heterocycles. The molecule has 3 aromatic rings. The van der Waals surface area contributed by atoms with Crippen LogP contribution in [-0.2, 0) is 4.79 Å². The highest BCUT2D eigenvalue weighted by Crippen LogP contribution is 2.25. The molecule has 2 aliphatic heterocycles. The summed E-state index contributed by atoms with van der Waals surface area (Å²) in [6, 6.07) is 16.8. The van der Waals surface area contributed by atoms with E-state index in [-0.39, 0.29) is 29.7 Å². The summed E-state index contributed by atoms with van der Waals surface area (Å²) < 4.78 is 19.2. The molecule has 2 saturated heterocycles. The maximum absolute atomic E-state index is 13.1. The molecule has 0 saturated carbocycles. The highest BCUT2D eigenvalue weighted by Gasteiger charge is 2.29. The van der Waals surface area contributed by atoms with Crippen molar-refractivity contribution in [2.45, 2.75) is 25.4 Å². The smallest absolute Gasteiger partial charge is 0.253 e. The molecule has 8 nitrogen and oxygen atoms in total. The first kappa shape index (κ1) is 23.7. The van der Waals surface area contributed by atoms with E-state index in [0.29, 0.717) is 25.2 Å². The highest BCUT2D eigenvalue weighted by molar-refractivity contribution is 5.94. The van der Waals surface area contributed by atoms with E-state index in [1.54, 1.807) is 11.1 Å². The van der Waals surface area contributed by atoms with E-state index >= 15 is 0 Å². The summed E-state index contributed by atoms with van der Waals surface area (Å²) in [6.45, 7) is 2.57. The average molecular weight is 490 g/mol. The molecule has 36 heavy (non-hydrogen) atoms. The lowest BCUT2D eigenvalue weighted by Gasteiger charge is -2.32. The van der Waals surface area contributed by atoms with Crippen LogP contribution in [0.3, 0.4) is 0 Å². The van der Waals surface area contributed by atoms with Gasteiger partial charge in [0, 0.05) is 56.5 Å². The fourth-order valence-corrected chi connectivity index (χ4v) is 4.65. The Morgan fingerprint density at radius 2 is 1.69 bits per heavy atom. The third-order valence-electron chi connectivity index (χ3n) is 6.69. The summed E-state index contributed by atoms with van der Waals surface area (Å²) in [5.41, 5.74) is 1.22. The van der Waals surface area contributed by atoms with Crippen LogP contribution in [0.5, 0.6) is 5.75 Å². The van der Waals surface area contributed by atoms with Gasteiger partial charge in [-0.1, -0.05) is 0 Å². The lowest BCUT2D eigenvalue weighted by Crippen LogP contribution is -2.41. The molecular formula is C27H28FN5O3. The van der Waals surface area contributed by atoms with Gasteiger partial charge in [-0.3, -0.25) is 9.59 Å². The van der Waals surface area contributed by atoms with E-state index < -0.39 is 0 Å². The van der Waals surface area contributed by atoms with Gasteiger partial charge in [0.15, 0.2) is 5.82 Å². The average Bonchev–Trinajstić information content (AvgIpc) is 3.42. The van der Waals surface area contributed by atoms with Gasteiger partial charge in [-0.2, -0.15) is 5.10 Å². The van der Waals surface area contributed by atoms with Crippen LogP contribution >= 0.6 is 0 Å². The molecule has 3 heterocycles. The van der Waals surface area contributed by atoms with E-state index in [1.807, 2.05) is 36.4 Å². The Morgan fingerprint density at radius 3 is 2.39 bits per heavy atom. The zero-order valence-corrected chi connectivity index (χ0v) is 19.8. The fraction of sp³-hybridized carbons (Fsp3) is 0.333. The Hall–Kier alpha value is -4.01. The third kappa shape index (κ3) is 5.62. The molecule has 2 fully saturated rings. The first-order valence-electron chi connectivity index (χ1n) is 12.2. The number of anilines is 2. The van der Waals surface area contributed by atoms with Crippen molar-refractivity contribution in [1.29, 1.82) is 0 Å². The number of aromatic nitrogens is 2. The summed E-state index contributed by atoms with van der Waals surface area (Å²) in [5, 5.41) is 11.0. The van der Waals surface area contributed by atoms with Crippen molar-refractivity contribution < 1.29 is 18.7 Å². The van der Waals surface area contributed by atoms with Crippen molar-refractivity contribution in [1.82, 2.24) is 15.1 Å². The maximum atomic E-state index is 13.1. The van der Waals surface area contributed by atoms with Gasteiger partial charge in [0.2, 0.25) is 5.91 Å². The Morgan fingerprint density at radius 1 is 0.944 bits per heavy atom. The molecule has 5 rings (SSSR count). The molecule has 1 N–H and O–H groups in total. The molecular weight excluding hydrogens is 461 g/mol. The summed E-state index contributed by atoms with van der Waals surface area (Å²) in [6.07, 6.45) is 3.85. The summed E-state index contributed by atoms with van der Waals surface area (Å²) in [5.74, 6) is 0.966. The Bertz CT molecular complexity index is 1180. The number of hydrogen-bond donors (Lipinski definition) is 1. The SMILES string of the molecule is O=C(Nc1ccc(OC2CCN(C(=O)c3ccc(F)cc3)CC2)cc1)C1CCN(c2cccnn2)C1. The number of piperidine rings is 1. The number of halogens is 1. The van der Waals surface area contributed by atoms with Crippen LogP contribution in [0.15, 0.2) is 66.9 Å². The number of carbonyl (C=O) groups excluding carboxylic acids is 2.